The zero-order chi connectivity index (χ0) is 13.2. The van der Waals surface area contributed by atoms with Crippen molar-refractivity contribution < 1.29 is 8.42 Å². The van der Waals surface area contributed by atoms with Gasteiger partial charge in [-0.15, -0.1) is 0 Å². The van der Waals surface area contributed by atoms with Crippen LogP contribution in [0.25, 0.3) is 10.9 Å². The summed E-state index contributed by atoms with van der Waals surface area (Å²) in [5.74, 6) is 0. The minimum atomic E-state index is -3.50. The lowest BCUT2D eigenvalue weighted by Crippen LogP contribution is -2.30. The molecule has 0 radical (unpaired) electrons. The minimum Gasteiger partial charge on any atom is -0.357 e. The maximum Gasteiger partial charge on any atom is 0.299 e. The predicted molar refractivity (Wildman–Crippen MR) is 73.9 cm³/mol. The summed E-state index contributed by atoms with van der Waals surface area (Å²) in [7, 11) is -3.50. The molecule has 5 nitrogen and oxygen atoms in total. The number of H-pyrrole nitrogens is 1. The van der Waals surface area contributed by atoms with Crippen LogP contribution in [0, 0.1) is 6.92 Å². The SMILES string of the molecule is CCCNS(=O)(=O)Nc1c(C)[nH]c2ccccc12. The fourth-order valence-corrected chi connectivity index (χ4v) is 2.89. The molecule has 1 aromatic carbocycles. The van der Waals surface area contributed by atoms with Gasteiger partial charge in [0.1, 0.15) is 0 Å². The molecule has 0 aliphatic carbocycles. The lowest BCUT2D eigenvalue weighted by Gasteiger charge is -2.08. The Morgan fingerprint density at radius 2 is 2.00 bits per heavy atom. The number of aryl methyl sites for hydroxylation is 1. The summed E-state index contributed by atoms with van der Waals surface area (Å²) < 4.78 is 28.7. The molecule has 18 heavy (non-hydrogen) atoms. The molecule has 0 aliphatic rings. The van der Waals surface area contributed by atoms with Crippen molar-refractivity contribution in [3.63, 3.8) is 0 Å². The van der Waals surface area contributed by atoms with E-state index in [0.717, 1.165) is 23.0 Å². The van der Waals surface area contributed by atoms with Gasteiger partial charge in [0.2, 0.25) is 0 Å². The number of hydrogen-bond donors (Lipinski definition) is 3. The molecule has 0 bridgehead atoms. The van der Waals surface area contributed by atoms with Gasteiger partial charge in [0.15, 0.2) is 0 Å². The summed E-state index contributed by atoms with van der Waals surface area (Å²) in [6.45, 7) is 4.19. The number of para-hydroxylation sites is 1. The first-order chi connectivity index (χ1) is 8.53. The van der Waals surface area contributed by atoms with Crippen molar-refractivity contribution >= 4 is 26.8 Å². The van der Waals surface area contributed by atoms with Gasteiger partial charge < -0.3 is 4.98 Å². The number of aromatic nitrogens is 1. The molecule has 0 unspecified atom stereocenters. The molecule has 2 aromatic rings. The van der Waals surface area contributed by atoms with E-state index < -0.39 is 10.2 Å². The molecule has 6 heteroatoms. The lowest BCUT2D eigenvalue weighted by atomic mass is 10.2. The quantitative estimate of drug-likeness (QED) is 0.776. The molecular formula is C12H17N3O2S. The zero-order valence-electron chi connectivity index (χ0n) is 10.4. The van der Waals surface area contributed by atoms with Crippen LogP contribution in [0.1, 0.15) is 19.0 Å². The molecule has 0 aliphatic heterocycles. The highest BCUT2D eigenvalue weighted by atomic mass is 32.2. The second-order valence-corrected chi connectivity index (χ2v) is 5.67. The van der Waals surface area contributed by atoms with E-state index in [2.05, 4.69) is 14.4 Å². The third kappa shape index (κ3) is 2.65. The minimum absolute atomic E-state index is 0.427. The van der Waals surface area contributed by atoms with Crippen LogP contribution >= 0.6 is 0 Å². The van der Waals surface area contributed by atoms with Crippen LogP contribution in [-0.2, 0) is 10.2 Å². The van der Waals surface area contributed by atoms with Gasteiger partial charge in [-0.2, -0.15) is 13.1 Å². The largest absolute Gasteiger partial charge is 0.357 e. The van der Waals surface area contributed by atoms with E-state index in [1.54, 1.807) is 0 Å². The average Bonchev–Trinajstić information content (AvgIpc) is 2.63. The fraction of sp³-hybridized carbons (Fsp3) is 0.333. The van der Waals surface area contributed by atoms with Crippen LogP contribution in [-0.4, -0.2) is 19.9 Å². The van der Waals surface area contributed by atoms with Gasteiger partial charge in [0.05, 0.1) is 5.69 Å². The summed E-state index contributed by atoms with van der Waals surface area (Å²) in [6.07, 6.45) is 0.758. The van der Waals surface area contributed by atoms with Crippen LogP contribution in [0.4, 0.5) is 5.69 Å². The summed E-state index contributed by atoms with van der Waals surface area (Å²) >= 11 is 0. The zero-order valence-corrected chi connectivity index (χ0v) is 11.3. The molecule has 1 heterocycles. The molecule has 3 N–H and O–H groups in total. The van der Waals surface area contributed by atoms with Crippen molar-refractivity contribution in [1.29, 1.82) is 0 Å². The molecule has 1 aromatic heterocycles. The summed E-state index contributed by atoms with van der Waals surface area (Å²) in [4.78, 5) is 3.15. The van der Waals surface area contributed by atoms with Gasteiger partial charge in [-0.05, 0) is 19.4 Å². The summed E-state index contributed by atoms with van der Waals surface area (Å²) in [5.41, 5.74) is 2.33. The van der Waals surface area contributed by atoms with Crippen LogP contribution in [0.2, 0.25) is 0 Å². The number of hydrogen-bond acceptors (Lipinski definition) is 2. The molecule has 98 valence electrons. The molecule has 0 fully saturated rings. The third-order valence-electron chi connectivity index (χ3n) is 2.67. The van der Waals surface area contributed by atoms with Crippen LogP contribution in [0.5, 0.6) is 0 Å². The number of anilines is 1. The number of fused-ring (bicyclic) bond motifs is 1. The molecule has 0 saturated carbocycles. The second kappa shape index (κ2) is 4.99. The number of rotatable bonds is 5. The van der Waals surface area contributed by atoms with Crippen LogP contribution in [0.15, 0.2) is 24.3 Å². The Kier molecular flexibility index (Phi) is 3.58. The average molecular weight is 267 g/mol. The van der Waals surface area contributed by atoms with Crippen molar-refractivity contribution in [2.75, 3.05) is 11.3 Å². The summed E-state index contributed by atoms with van der Waals surface area (Å²) in [5, 5.41) is 0.872. The smallest absolute Gasteiger partial charge is 0.299 e. The molecule has 0 saturated heterocycles. The van der Waals surface area contributed by atoms with E-state index in [4.69, 9.17) is 0 Å². The Hall–Kier alpha value is -1.53. The van der Waals surface area contributed by atoms with Crippen molar-refractivity contribution in [1.82, 2.24) is 9.71 Å². The maximum atomic E-state index is 11.8. The Morgan fingerprint density at radius 1 is 1.28 bits per heavy atom. The van der Waals surface area contributed by atoms with Crippen molar-refractivity contribution in [2.45, 2.75) is 20.3 Å². The number of aromatic amines is 1. The first-order valence-corrected chi connectivity index (χ1v) is 7.36. The Labute approximate surface area is 107 Å². The van der Waals surface area contributed by atoms with Gasteiger partial charge in [0, 0.05) is 23.1 Å². The van der Waals surface area contributed by atoms with Gasteiger partial charge in [-0.3, -0.25) is 4.72 Å². The standard InChI is InChI=1S/C12H17N3O2S/c1-3-8-13-18(16,17)15-12-9(2)14-11-7-5-4-6-10(11)12/h4-7,13-15H,3,8H2,1-2H3. The molecule has 2 rings (SSSR count). The number of benzene rings is 1. The van der Waals surface area contributed by atoms with Crippen molar-refractivity contribution in [3.8, 4) is 0 Å². The van der Waals surface area contributed by atoms with E-state index in [9.17, 15) is 8.42 Å². The van der Waals surface area contributed by atoms with E-state index in [0.29, 0.717) is 12.2 Å². The third-order valence-corrected chi connectivity index (χ3v) is 3.73. The second-order valence-electron chi connectivity index (χ2n) is 4.17. The van der Waals surface area contributed by atoms with E-state index in [1.165, 1.54) is 0 Å². The first-order valence-electron chi connectivity index (χ1n) is 5.88. The van der Waals surface area contributed by atoms with E-state index in [-0.39, 0.29) is 0 Å². The monoisotopic (exact) mass is 267 g/mol. The van der Waals surface area contributed by atoms with Gasteiger partial charge in [0.25, 0.3) is 10.2 Å². The van der Waals surface area contributed by atoms with E-state index >= 15 is 0 Å². The van der Waals surface area contributed by atoms with Crippen molar-refractivity contribution in [2.24, 2.45) is 0 Å². The Morgan fingerprint density at radius 3 is 2.72 bits per heavy atom. The number of nitrogens with one attached hydrogen (secondary N) is 3. The maximum absolute atomic E-state index is 11.8. The first kappa shape index (κ1) is 12.9. The summed E-state index contributed by atoms with van der Waals surface area (Å²) in [6, 6.07) is 7.59. The van der Waals surface area contributed by atoms with Gasteiger partial charge in [-0.25, -0.2) is 0 Å². The Balaban J connectivity index is 2.34. The fourth-order valence-electron chi connectivity index (χ4n) is 1.82. The molecular weight excluding hydrogens is 250 g/mol. The normalized spacial score (nSPS) is 11.9. The van der Waals surface area contributed by atoms with Gasteiger partial charge in [-0.1, -0.05) is 25.1 Å². The van der Waals surface area contributed by atoms with Crippen molar-refractivity contribution in [3.05, 3.63) is 30.0 Å². The highest BCUT2D eigenvalue weighted by Crippen LogP contribution is 2.27. The van der Waals surface area contributed by atoms with E-state index in [1.807, 2.05) is 38.1 Å². The molecule has 0 atom stereocenters. The van der Waals surface area contributed by atoms with Crippen LogP contribution in [0.3, 0.4) is 0 Å². The highest BCUT2D eigenvalue weighted by Gasteiger charge is 2.14. The van der Waals surface area contributed by atoms with Crippen LogP contribution < -0.4 is 9.44 Å². The molecule has 0 amide bonds. The predicted octanol–water partition coefficient (Wildman–Crippen LogP) is 2.13. The topological polar surface area (TPSA) is 74.0 Å². The highest BCUT2D eigenvalue weighted by molar-refractivity contribution is 7.90. The van der Waals surface area contributed by atoms with Gasteiger partial charge >= 0.3 is 0 Å². The Bertz CT molecular complexity index is 646. The lowest BCUT2D eigenvalue weighted by molar-refractivity contribution is 0.586. The molecule has 0 spiro atoms.